The van der Waals surface area contributed by atoms with Gasteiger partial charge in [-0.1, -0.05) is 30.3 Å². The SMILES string of the molecule is C=NC(=O)Cc1cc(N)c(-n2c(C)ccc(NCC(=O)OCc3ccccc3)c2=O)nc1C. The van der Waals surface area contributed by atoms with E-state index in [1.807, 2.05) is 30.3 Å². The highest BCUT2D eigenvalue weighted by Crippen LogP contribution is 2.20. The Hall–Kier alpha value is -4.27. The minimum Gasteiger partial charge on any atom is -0.460 e. The molecule has 9 nitrogen and oxygen atoms in total. The van der Waals surface area contributed by atoms with E-state index >= 15 is 0 Å². The normalized spacial score (nSPS) is 10.5. The maximum Gasteiger partial charge on any atom is 0.325 e. The minimum absolute atomic E-state index is 0.0212. The van der Waals surface area contributed by atoms with Crippen molar-refractivity contribution in [2.45, 2.75) is 26.9 Å². The molecule has 3 aromatic rings. The molecule has 1 aromatic carbocycles. The first-order valence-electron chi connectivity index (χ1n) is 10.2. The fourth-order valence-electron chi connectivity index (χ4n) is 3.21. The van der Waals surface area contributed by atoms with Crippen LogP contribution in [0.2, 0.25) is 0 Å². The van der Waals surface area contributed by atoms with Crippen molar-refractivity contribution in [1.82, 2.24) is 9.55 Å². The van der Waals surface area contributed by atoms with Gasteiger partial charge in [0.25, 0.3) is 5.56 Å². The largest absolute Gasteiger partial charge is 0.460 e. The number of aliphatic imine (C=N–C) groups is 1. The number of esters is 1. The van der Waals surface area contributed by atoms with Gasteiger partial charge in [-0.25, -0.2) is 9.98 Å². The highest BCUT2D eigenvalue weighted by molar-refractivity contribution is 5.83. The summed E-state index contributed by atoms with van der Waals surface area (Å²) in [6, 6.07) is 14.2. The van der Waals surface area contributed by atoms with Crippen LogP contribution in [0.3, 0.4) is 0 Å². The lowest BCUT2D eigenvalue weighted by Crippen LogP contribution is -2.28. The summed E-state index contributed by atoms with van der Waals surface area (Å²) in [7, 11) is 0. The van der Waals surface area contributed by atoms with Crippen molar-refractivity contribution in [2.24, 2.45) is 4.99 Å². The average Bonchev–Trinajstić information content (AvgIpc) is 2.80. The van der Waals surface area contributed by atoms with Gasteiger partial charge >= 0.3 is 5.97 Å². The van der Waals surface area contributed by atoms with Gasteiger partial charge in [0, 0.05) is 11.4 Å². The first-order chi connectivity index (χ1) is 15.8. The predicted octanol–water partition coefficient (Wildman–Crippen LogP) is 2.36. The number of nitrogen functional groups attached to an aromatic ring is 1. The number of amides is 1. The molecule has 0 unspecified atom stereocenters. The number of hydrogen-bond donors (Lipinski definition) is 2. The summed E-state index contributed by atoms with van der Waals surface area (Å²) in [5.41, 5.74) is 8.81. The van der Waals surface area contributed by atoms with Crippen molar-refractivity contribution in [2.75, 3.05) is 17.6 Å². The number of nitrogens with two attached hydrogens (primary N) is 1. The number of carbonyl (C=O) groups excluding carboxylic acids is 2. The van der Waals surface area contributed by atoms with E-state index in [0.29, 0.717) is 17.0 Å². The van der Waals surface area contributed by atoms with E-state index in [-0.39, 0.29) is 36.8 Å². The standard InChI is InChI=1S/C24H25N5O4/c1-15-9-10-20(27-13-22(31)33-14-17-7-5-4-6-8-17)24(32)29(15)23-19(25)11-18(16(2)28-23)12-21(30)26-3/h4-11,27H,3,12-14,25H2,1-2H3. The molecule has 170 valence electrons. The molecule has 0 aliphatic heterocycles. The third-order valence-electron chi connectivity index (χ3n) is 5.00. The number of nitrogens with one attached hydrogen (secondary N) is 1. The van der Waals surface area contributed by atoms with Crippen LogP contribution in [0.5, 0.6) is 0 Å². The lowest BCUT2D eigenvalue weighted by Gasteiger charge is -2.16. The summed E-state index contributed by atoms with van der Waals surface area (Å²) in [6.45, 7) is 6.66. The second-order valence-electron chi connectivity index (χ2n) is 7.40. The fraction of sp³-hybridized carbons (Fsp3) is 0.208. The van der Waals surface area contributed by atoms with Gasteiger partial charge in [-0.2, -0.15) is 0 Å². The molecule has 2 heterocycles. The second kappa shape index (κ2) is 10.4. The zero-order chi connectivity index (χ0) is 24.0. The number of benzene rings is 1. The summed E-state index contributed by atoms with van der Waals surface area (Å²) in [6.07, 6.45) is 0.0212. The Morgan fingerprint density at radius 1 is 1.18 bits per heavy atom. The molecule has 0 atom stereocenters. The first kappa shape index (κ1) is 23.4. The zero-order valence-electron chi connectivity index (χ0n) is 18.5. The van der Waals surface area contributed by atoms with E-state index in [2.05, 4.69) is 22.0 Å². The van der Waals surface area contributed by atoms with E-state index in [9.17, 15) is 14.4 Å². The lowest BCUT2D eigenvalue weighted by atomic mass is 10.1. The van der Waals surface area contributed by atoms with Crippen LogP contribution >= 0.6 is 0 Å². The van der Waals surface area contributed by atoms with Crippen molar-refractivity contribution < 1.29 is 14.3 Å². The molecule has 0 aliphatic rings. The van der Waals surface area contributed by atoms with E-state index in [1.54, 1.807) is 32.0 Å². The number of aryl methyl sites for hydroxylation is 2. The molecule has 2 aromatic heterocycles. The molecule has 0 saturated carbocycles. The van der Waals surface area contributed by atoms with Crippen molar-refractivity contribution in [3.8, 4) is 5.82 Å². The first-order valence-corrected chi connectivity index (χ1v) is 10.2. The Labute approximate surface area is 190 Å². The van der Waals surface area contributed by atoms with Crippen LogP contribution in [-0.2, 0) is 27.4 Å². The maximum absolute atomic E-state index is 13.1. The molecular formula is C24H25N5O4. The van der Waals surface area contributed by atoms with Crippen molar-refractivity contribution in [3.05, 3.63) is 81.4 Å². The third kappa shape index (κ3) is 5.70. The molecule has 1 amide bonds. The fourth-order valence-corrected chi connectivity index (χ4v) is 3.21. The van der Waals surface area contributed by atoms with Crippen LogP contribution < -0.4 is 16.6 Å². The smallest absolute Gasteiger partial charge is 0.325 e. The lowest BCUT2D eigenvalue weighted by molar-refractivity contribution is -0.142. The molecule has 0 fully saturated rings. The van der Waals surface area contributed by atoms with Crippen molar-refractivity contribution in [1.29, 1.82) is 0 Å². The van der Waals surface area contributed by atoms with E-state index < -0.39 is 17.4 Å². The molecule has 3 N–H and O–H groups in total. The van der Waals surface area contributed by atoms with Crippen LogP contribution in [-0.4, -0.2) is 34.7 Å². The summed E-state index contributed by atoms with van der Waals surface area (Å²) in [5, 5.41) is 2.83. The highest BCUT2D eigenvalue weighted by Gasteiger charge is 2.16. The zero-order valence-corrected chi connectivity index (χ0v) is 18.5. The Morgan fingerprint density at radius 3 is 2.61 bits per heavy atom. The number of carbonyl (C=O) groups is 2. The summed E-state index contributed by atoms with van der Waals surface area (Å²) < 4.78 is 6.59. The number of aromatic nitrogens is 2. The quantitative estimate of drug-likeness (QED) is 0.401. The number of anilines is 2. The molecule has 33 heavy (non-hydrogen) atoms. The Morgan fingerprint density at radius 2 is 1.91 bits per heavy atom. The van der Waals surface area contributed by atoms with Gasteiger partial charge in [-0.05, 0) is 49.9 Å². The molecular weight excluding hydrogens is 422 g/mol. The van der Waals surface area contributed by atoms with Gasteiger partial charge in [0.15, 0.2) is 5.82 Å². The molecule has 9 heteroatoms. The Kier molecular flexibility index (Phi) is 7.34. The molecule has 0 aliphatic carbocycles. The number of nitrogens with zero attached hydrogens (tertiary/aromatic N) is 3. The summed E-state index contributed by atoms with van der Waals surface area (Å²) >= 11 is 0. The van der Waals surface area contributed by atoms with Gasteiger partial charge < -0.3 is 15.8 Å². The molecule has 0 radical (unpaired) electrons. The Balaban J connectivity index is 1.79. The summed E-state index contributed by atoms with van der Waals surface area (Å²) in [5.74, 6) is -0.650. The number of ether oxygens (including phenoxy) is 1. The van der Waals surface area contributed by atoms with Gasteiger partial charge in [0.05, 0.1) is 12.1 Å². The number of pyridine rings is 2. The molecule has 0 spiro atoms. The van der Waals surface area contributed by atoms with Crippen LogP contribution in [0.1, 0.15) is 22.5 Å². The van der Waals surface area contributed by atoms with Gasteiger partial charge in [-0.15, -0.1) is 0 Å². The van der Waals surface area contributed by atoms with Crippen LogP contribution in [0.15, 0.2) is 58.3 Å². The maximum atomic E-state index is 13.1. The van der Waals surface area contributed by atoms with E-state index in [1.165, 1.54) is 4.57 Å². The Bertz CT molecular complexity index is 1250. The molecule has 3 rings (SSSR count). The van der Waals surface area contributed by atoms with E-state index in [4.69, 9.17) is 10.5 Å². The number of rotatable bonds is 8. The molecule has 0 bridgehead atoms. The van der Waals surface area contributed by atoms with Crippen LogP contribution in [0, 0.1) is 13.8 Å². The second-order valence-corrected chi connectivity index (χ2v) is 7.40. The topological polar surface area (TPSA) is 129 Å². The molecule has 0 saturated heterocycles. The predicted molar refractivity (Wildman–Crippen MR) is 127 cm³/mol. The van der Waals surface area contributed by atoms with Gasteiger partial charge in [-0.3, -0.25) is 19.0 Å². The average molecular weight is 447 g/mol. The monoisotopic (exact) mass is 447 g/mol. The van der Waals surface area contributed by atoms with Crippen LogP contribution in [0.4, 0.5) is 11.4 Å². The van der Waals surface area contributed by atoms with Crippen molar-refractivity contribution in [3.63, 3.8) is 0 Å². The number of hydrogen-bond acceptors (Lipinski definition) is 7. The van der Waals surface area contributed by atoms with Gasteiger partial charge in [0.1, 0.15) is 18.8 Å². The minimum atomic E-state index is -0.497. The van der Waals surface area contributed by atoms with Crippen LogP contribution in [0.25, 0.3) is 5.82 Å². The summed E-state index contributed by atoms with van der Waals surface area (Å²) in [4.78, 5) is 44.7. The van der Waals surface area contributed by atoms with E-state index in [0.717, 1.165) is 5.56 Å². The van der Waals surface area contributed by atoms with Crippen molar-refractivity contribution >= 4 is 30.0 Å². The highest BCUT2D eigenvalue weighted by atomic mass is 16.5. The van der Waals surface area contributed by atoms with Gasteiger partial charge in [0.2, 0.25) is 5.91 Å². The third-order valence-corrected chi connectivity index (χ3v) is 5.00.